The molecular formula is C20H18O5. The van der Waals surface area contributed by atoms with Crippen LogP contribution in [0.1, 0.15) is 16.7 Å². The van der Waals surface area contributed by atoms with E-state index in [0.717, 1.165) is 11.1 Å². The summed E-state index contributed by atoms with van der Waals surface area (Å²) in [6, 6.07) is 10.4. The van der Waals surface area contributed by atoms with Gasteiger partial charge in [0.05, 0.1) is 25.2 Å². The molecule has 0 aliphatic rings. The normalized spacial score (nSPS) is 11.2. The van der Waals surface area contributed by atoms with Gasteiger partial charge in [-0.05, 0) is 36.2 Å². The highest BCUT2D eigenvalue weighted by Crippen LogP contribution is 2.34. The van der Waals surface area contributed by atoms with E-state index in [2.05, 4.69) is 0 Å². The van der Waals surface area contributed by atoms with Crippen molar-refractivity contribution in [1.29, 1.82) is 0 Å². The maximum Gasteiger partial charge on any atom is 0.342 e. The van der Waals surface area contributed by atoms with E-state index in [9.17, 15) is 9.90 Å². The third-order valence-corrected chi connectivity index (χ3v) is 3.97. The van der Waals surface area contributed by atoms with Gasteiger partial charge in [0.25, 0.3) is 0 Å². The Hall–Kier alpha value is -3.21. The van der Waals surface area contributed by atoms with Crippen molar-refractivity contribution in [3.8, 4) is 17.2 Å². The van der Waals surface area contributed by atoms with Crippen molar-refractivity contribution in [1.82, 2.24) is 0 Å². The molecule has 2 aromatic carbocycles. The van der Waals surface area contributed by atoms with Crippen LogP contribution in [0.2, 0.25) is 0 Å². The lowest BCUT2D eigenvalue weighted by molar-refractivity contribution is 0.405. The molecule has 0 saturated heterocycles. The second-order valence-corrected chi connectivity index (χ2v) is 5.56. The zero-order valence-electron chi connectivity index (χ0n) is 14.2. The summed E-state index contributed by atoms with van der Waals surface area (Å²) in [5.74, 6) is 1.27. The first-order valence-corrected chi connectivity index (χ1v) is 7.70. The fraction of sp³-hybridized carbons (Fsp3) is 0.150. The van der Waals surface area contributed by atoms with Crippen molar-refractivity contribution < 1.29 is 19.0 Å². The molecule has 0 aliphatic heterocycles. The van der Waals surface area contributed by atoms with Gasteiger partial charge in [0.2, 0.25) is 0 Å². The van der Waals surface area contributed by atoms with Crippen LogP contribution in [-0.2, 0) is 0 Å². The van der Waals surface area contributed by atoms with Gasteiger partial charge in [0, 0.05) is 6.07 Å². The van der Waals surface area contributed by atoms with Crippen molar-refractivity contribution >= 4 is 23.1 Å². The fourth-order valence-corrected chi connectivity index (χ4v) is 2.67. The van der Waals surface area contributed by atoms with Crippen molar-refractivity contribution in [2.45, 2.75) is 6.92 Å². The topological polar surface area (TPSA) is 68.9 Å². The summed E-state index contributed by atoms with van der Waals surface area (Å²) in [5.41, 5.74) is 2.09. The Balaban J connectivity index is 2.23. The Morgan fingerprint density at radius 2 is 1.76 bits per heavy atom. The number of aromatic hydroxyl groups is 1. The van der Waals surface area contributed by atoms with Gasteiger partial charge in [0.1, 0.15) is 22.8 Å². The van der Waals surface area contributed by atoms with Crippen LogP contribution in [0, 0.1) is 6.92 Å². The van der Waals surface area contributed by atoms with Crippen LogP contribution < -0.4 is 15.1 Å². The average molecular weight is 338 g/mol. The molecule has 0 fully saturated rings. The van der Waals surface area contributed by atoms with Gasteiger partial charge in [-0.25, -0.2) is 4.79 Å². The van der Waals surface area contributed by atoms with Gasteiger partial charge in [-0.15, -0.1) is 0 Å². The molecule has 1 N–H and O–H groups in total. The first kappa shape index (κ1) is 16.6. The SMILES string of the molecule is COc1cc(C=Cc2ccc(O)cc2)c2c(OC)c(C)c(=O)oc2c1. The van der Waals surface area contributed by atoms with Gasteiger partial charge in [-0.3, -0.25) is 0 Å². The molecule has 0 amide bonds. The summed E-state index contributed by atoms with van der Waals surface area (Å²) in [5, 5.41) is 10.1. The predicted molar refractivity (Wildman–Crippen MR) is 97.4 cm³/mol. The molecule has 25 heavy (non-hydrogen) atoms. The summed E-state index contributed by atoms with van der Waals surface area (Å²) in [6.07, 6.45) is 3.78. The third kappa shape index (κ3) is 3.21. The zero-order valence-corrected chi connectivity index (χ0v) is 14.2. The Kier molecular flexibility index (Phi) is 4.48. The summed E-state index contributed by atoms with van der Waals surface area (Å²) in [4.78, 5) is 12.0. The van der Waals surface area contributed by atoms with Crippen molar-refractivity contribution in [3.05, 3.63) is 63.5 Å². The van der Waals surface area contributed by atoms with E-state index >= 15 is 0 Å². The van der Waals surface area contributed by atoms with Crippen LogP contribution in [-0.4, -0.2) is 19.3 Å². The molecule has 0 saturated carbocycles. The lowest BCUT2D eigenvalue weighted by atomic mass is 10.0. The molecule has 0 radical (unpaired) electrons. The van der Waals surface area contributed by atoms with E-state index in [4.69, 9.17) is 13.9 Å². The minimum atomic E-state index is -0.439. The van der Waals surface area contributed by atoms with Crippen LogP contribution in [0.5, 0.6) is 17.2 Å². The quantitative estimate of drug-likeness (QED) is 0.575. The minimum absolute atomic E-state index is 0.211. The maximum absolute atomic E-state index is 12.0. The van der Waals surface area contributed by atoms with Gasteiger partial charge >= 0.3 is 5.63 Å². The van der Waals surface area contributed by atoms with Crippen LogP contribution >= 0.6 is 0 Å². The molecule has 0 atom stereocenters. The van der Waals surface area contributed by atoms with Gasteiger partial charge in [-0.2, -0.15) is 0 Å². The van der Waals surface area contributed by atoms with E-state index in [-0.39, 0.29) is 5.75 Å². The van der Waals surface area contributed by atoms with Gasteiger partial charge in [-0.1, -0.05) is 24.3 Å². The lowest BCUT2D eigenvalue weighted by Gasteiger charge is -2.11. The van der Waals surface area contributed by atoms with Crippen LogP contribution in [0.15, 0.2) is 45.6 Å². The highest BCUT2D eigenvalue weighted by molar-refractivity contribution is 5.95. The largest absolute Gasteiger partial charge is 0.508 e. The molecule has 3 rings (SSSR count). The number of phenols is 1. The Labute approximate surface area is 144 Å². The lowest BCUT2D eigenvalue weighted by Crippen LogP contribution is -2.06. The van der Waals surface area contributed by atoms with E-state index in [0.29, 0.717) is 28.0 Å². The number of ether oxygens (including phenoxy) is 2. The zero-order chi connectivity index (χ0) is 18.0. The highest BCUT2D eigenvalue weighted by Gasteiger charge is 2.15. The summed E-state index contributed by atoms with van der Waals surface area (Å²) in [7, 11) is 3.08. The molecule has 3 aromatic rings. The van der Waals surface area contributed by atoms with Crippen LogP contribution in [0.25, 0.3) is 23.1 Å². The Morgan fingerprint density at radius 1 is 1.04 bits per heavy atom. The summed E-state index contributed by atoms with van der Waals surface area (Å²) >= 11 is 0. The Morgan fingerprint density at radius 3 is 2.40 bits per heavy atom. The highest BCUT2D eigenvalue weighted by atomic mass is 16.5. The second kappa shape index (κ2) is 6.73. The van der Waals surface area contributed by atoms with Crippen LogP contribution in [0.4, 0.5) is 0 Å². The molecule has 0 spiro atoms. The number of benzene rings is 2. The summed E-state index contributed by atoms with van der Waals surface area (Å²) < 4.78 is 16.2. The van der Waals surface area contributed by atoms with Gasteiger partial charge < -0.3 is 19.0 Å². The number of rotatable bonds is 4. The van der Waals surface area contributed by atoms with E-state index in [1.54, 1.807) is 44.4 Å². The van der Waals surface area contributed by atoms with Crippen molar-refractivity contribution in [2.75, 3.05) is 14.2 Å². The van der Waals surface area contributed by atoms with E-state index in [1.165, 1.54) is 7.11 Å². The van der Waals surface area contributed by atoms with E-state index < -0.39 is 5.63 Å². The van der Waals surface area contributed by atoms with Crippen molar-refractivity contribution in [3.63, 3.8) is 0 Å². The standard InChI is InChI=1S/C20H18O5/c1-12-19(24-3)18-14(7-4-13-5-8-15(21)9-6-13)10-16(23-2)11-17(18)25-20(12)22/h4-11,21H,1-3H3. The molecular weight excluding hydrogens is 320 g/mol. The molecule has 1 heterocycles. The first-order valence-electron chi connectivity index (χ1n) is 7.70. The molecule has 0 unspecified atom stereocenters. The molecule has 0 aliphatic carbocycles. The monoisotopic (exact) mass is 338 g/mol. The van der Waals surface area contributed by atoms with E-state index in [1.807, 2.05) is 18.2 Å². The number of phenolic OH excluding ortho intramolecular Hbond substituents is 1. The summed E-state index contributed by atoms with van der Waals surface area (Å²) in [6.45, 7) is 1.67. The minimum Gasteiger partial charge on any atom is -0.508 e. The molecule has 5 nitrogen and oxygen atoms in total. The average Bonchev–Trinajstić information content (AvgIpc) is 2.62. The molecule has 0 bridgehead atoms. The van der Waals surface area contributed by atoms with Gasteiger partial charge in [0.15, 0.2) is 0 Å². The van der Waals surface area contributed by atoms with Crippen LogP contribution in [0.3, 0.4) is 0 Å². The molecule has 128 valence electrons. The number of hydrogen-bond acceptors (Lipinski definition) is 5. The number of methoxy groups -OCH3 is 2. The second-order valence-electron chi connectivity index (χ2n) is 5.56. The molecule has 5 heteroatoms. The Bertz CT molecular complexity index is 997. The van der Waals surface area contributed by atoms with Crippen molar-refractivity contribution in [2.24, 2.45) is 0 Å². The predicted octanol–water partition coefficient (Wildman–Crippen LogP) is 3.99. The molecule has 1 aromatic heterocycles. The number of fused-ring (bicyclic) bond motifs is 1. The third-order valence-electron chi connectivity index (χ3n) is 3.97. The first-order chi connectivity index (χ1) is 12.0. The smallest absolute Gasteiger partial charge is 0.342 e. The fourth-order valence-electron chi connectivity index (χ4n) is 2.67. The number of hydrogen-bond donors (Lipinski definition) is 1. The maximum atomic E-state index is 12.0.